The average Bonchev–Trinajstić information content (AvgIpc) is 2.87. The van der Waals surface area contributed by atoms with Crippen LogP contribution in [-0.2, 0) is 17.2 Å². The lowest BCUT2D eigenvalue weighted by Gasteiger charge is -2.27. The van der Waals surface area contributed by atoms with Gasteiger partial charge in [0.2, 0.25) is 0 Å². The Hall–Kier alpha value is -1.40. The van der Waals surface area contributed by atoms with E-state index in [1.54, 1.807) is 0 Å². The van der Waals surface area contributed by atoms with Gasteiger partial charge in [-0.25, -0.2) is 4.98 Å². The number of hydrogen-bond acceptors (Lipinski definition) is 4. The first-order chi connectivity index (χ1) is 10.2. The topological polar surface area (TPSA) is 63.6 Å². The van der Waals surface area contributed by atoms with Crippen molar-refractivity contribution in [2.45, 2.75) is 25.8 Å². The number of aromatic nitrogens is 2. The summed E-state index contributed by atoms with van der Waals surface area (Å²) in [5, 5.41) is 0. The molecule has 2 aromatic heterocycles. The van der Waals surface area contributed by atoms with Crippen LogP contribution in [0.2, 0.25) is 0 Å². The van der Waals surface area contributed by atoms with Crippen LogP contribution in [0, 0.1) is 0 Å². The molecule has 5 nitrogen and oxygen atoms in total. The van der Waals surface area contributed by atoms with Crippen molar-refractivity contribution in [3.63, 3.8) is 0 Å². The highest BCUT2D eigenvalue weighted by atomic mass is 32.2. The van der Waals surface area contributed by atoms with E-state index in [4.69, 9.17) is 10.7 Å². The molecule has 1 atom stereocenters. The predicted molar refractivity (Wildman–Crippen MR) is 87.3 cm³/mol. The zero-order valence-corrected chi connectivity index (χ0v) is 13.2. The maximum Gasteiger partial charge on any atom is 0.151 e. The predicted octanol–water partition coefficient (Wildman–Crippen LogP) is 1.18. The first kappa shape index (κ1) is 14.5. The molecule has 6 heteroatoms. The third-order valence-corrected chi connectivity index (χ3v) is 5.34. The van der Waals surface area contributed by atoms with Gasteiger partial charge in [0.1, 0.15) is 5.65 Å². The normalized spacial score (nSPS) is 18.3. The number of hydrogen-bond donors (Lipinski definition) is 1. The van der Waals surface area contributed by atoms with Gasteiger partial charge in [0.05, 0.1) is 5.69 Å². The second-order valence-electron chi connectivity index (χ2n) is 5.52. The number of rotatable bonds is 4. The van der Waals surface area contributed by atoms with Crippen LogP contribution in [0.5, 0.6) is 0 Å². The van der Waals surface area contributed by atoms with Gasteiger partial charge in [-0.1, -0.05) is 13.0 Å². The van der Waals surface area contributed by atoms with Crippen molar-refractivity contribution in [1.82, 2.24) is 9.38 Å². The molecule has 21 heavy (non-hydrogen) atoms. The third-order valence-electron chi connectivity index (χ3n) is 4.06. The molecule has 1 fully saturated rings. The van der Waals surface area contributed by atoms with E-state index in [1.165, 1.54) is 5.69 Å². The summed E-state index contributed by atoms with van der Waals surface area (Å²) in [6.07, 6.45) is 3.81. The second kappa shape index (κ2) is 6.15. The van der Waals surface area contributed by atoms with E-state index in [0.717, 1.165) is 48.9 Å². The van der Waals surface area contributed by atoms with Gasteiger partial charge in [-0.3, -0.25) is 4.21 Å². The van der Waals surface area contributed by atoms with Gasteiger partial charge >= 0.3 is 0 Å². The fraction of sp³-hybridized carbons (Fsp3) is 0.533. The van der Waals surface area contributed by atoms with Crippen LogP contribution in [0.1, 0.15) is 19.0 Å². The monoisotopic (exact) mass is 306 g/mol. The number of fused-ring (bicyclic) bond motifs is 1. The summed E-state index contributed by atoms with van der Waals surface area (Å²) in [5.74, 6) is 2.47. The Morgan fingerprint density at radius 2 is 2.14 bits per heavy atom. The van der Waals surface area contributed by atoms with Crippen molar-refractivity contribution in [3.05, 3.63) is 30.1 Å². The molecule has 0 bridgehead atoms. The lowest BCUT2D eigenvalue weighted by molar-refractivity contribution is 0.630. The fourth-order valence-corrected chi connectivity index (χ4v) is 3.77. The fourth-order valence-electron chi connectivity index (χ4n) is 2.72. The van der Waals surface area contributed by atoms with Crippen LogP contribution in [0.25, 0.3) is 5.65 Å². The summed E-state index contributed by atoms with van der Waals surface area (Å²) in [6.45, 7) is 3.73. The second-order valence-corrected chi connectivity index (χ2v) is 7.21. The SMILES string of the molecule is CCC(N)Cc1c(N2CCS(=O)CC2)nc2ccccn12. The van der Waals surface area contributed by atoms with Crippen LogP contribution in [-0.4, -0.2) is 44.2 Å². The summed E-state index contributed by atoms with van der Waals surface area (Å²) in [6, 6.07) is 6.18. The Labute approximate surface area is 127 Å². The van der Waals surface area contributed by atoms with E-state index in [0.29, 0.717) is 0 Å². The van der Waals surface area contributed by atoms with E-state index < -0.39 is 10.8 Å². The maximum atomic E-state index is 11.6. The van der Waals surface area contributed by atoms with Gasteiger partial charge in [-0.05, 0) is 18.6 Å². The zero-order chi connectivity index (χ0) is 14.8. The molecule has 1 saturated heterocycles. The quantitative estimate of drug-likeness (QED) is 0.921. The summed E-state index contributed by atoms with van der Waals surface area (Å²) in [7, 11) is -0.672. The van der Waals surface area contributed by atoms with Crippen molar-refractivity contribution in [3.8, 4) is 0 Å². The average molecular weight is 306 g/mol. The molecule has 0 aromatic carbocycles. The van der Waals surface area contributed by atoms with E-state index in [9.17, 15) is 4.21 Å². The van der Waals surface area contributed by atoms with Crippen molar-refractivity contribution >= 4 is 22.3 Å². The first-order valence-corrected chi connectivity index (χ1v) is 8.99. The van der Waals surface area contributed by atoms with Gasteiger partial charge < -0.3 is 15.0 Å². The molecule has 0 spiro atoms. The van der Waals surface area contributed by atoms with Crippen LogP contribution in [0.3, 0.4) is 0 Å². The molecule has 2 N–H and O–H groups in total. The van der Waals surface area contributed by atoms with Gasteiger partial charge in [-0.2, -0.15) is 0 Å². The standard InChI is InChI=1S/C15H22N4OS/c1-2-12(16)11-13-15(18-7-9-21(20)10-8-18)17-14-5-3-4-6-19(13)14/h3-6,12H,2,7-11,16H2,1H3. The molecule has 114 valence electrons. The minimum absolute atomic E-state index is 0.141. The highest BCUT2D eigenvalue weighted by molar-refractivity contribution is 7.85. The Bertz CT molecular complexity index is 644. The Morgan fingerprint density at radius 1 is 1.38 bits per heavy atom. The van der Waals surface area contributed by atoms with Gasteiger partial charge in [0, 0.05) is 54.1 Å². The lowest BCUT2D eigenvalue weighted by atomic mass is 10.1. The van der Waals surface area contributed by atoms with E-state index in [2.05, 4.69) is 16.2 Å². The van der Waals surface area contributed by atoms with Gasteiger partial charge in [0.25, 0.3) is 0 Å². The molecular weight excluding hydrogens is 284 g/mol. The number of imidazole rings is 1. The molecule has 0 aliphatic carbocycles. The Kier molecular flexibility index (Phi) is 4.26. The number of anilines is 1. The minimum Gasteiger partial charge on any atom is -0.353 e. The van der Waals surface area contributed by atoms with E-state index in [1.807, 2.05) is 24.4 Å². The minimum atomic E-state index is -0.672. The van der Waals surface area contributed by atoms with Crippen molar-refractivity contribution < 1.29 is 4.21 Å². The van der Waals surface area contributed by atoms with Crippen LogP contribution >= 0.6 is 0 Å². The van der Waals surface area contributed by atoms with Crippen LogP contribution in [0.15, 0.2) is 24.4 Å². The summed E-state index contributed by atoms with van der Waals surface area (Å²) in [5.41, 5.74) is 8.30. The molecule has 3 rings (SSSR count). The molecule has 1 unspecified atom stereocenters. The van der Waals surface area contributed by atoms with Gasteiger partial charge in [0.15, 0.2) is 5.82 Å². The molecule has 2 aromatic rings. The molecule has 0 amide bonds. The molecule has 3 heterocycles. The van der Waals surface area contributed by atoms with Crippen molar-refractivity contribution in [1.29, 1.82) is 0 Å². The highest BCUT2D eigenvalue weighted by Gasteiger charge is 2.23. The number of nitrogens with two attached hydrogens (primary N) is 1. The molecule has 0 radical (unpaired) electrons. The van der Waals surface area contributed by atoms with Crippen molar-refractivity contribution in [2.75, 3.05) is 29.5 Å². The summed E-state index contributed by atoms with van der Waals surface area (Å²) in [4.78, 5) is 7.04. The summed E-state index contributed by atoms with van der Waals surface area (Å²) >= 11 is 0. The molecule has 1 aliphatic rings. The number of pyridine rings is 1. The molecular formula is C15H22N4OS. The Balaban J connectivity index is 1.99. The molecule has 1 aliphatic heterocycles. The van der Waals surface area contributed by atoms with Crippen LogP contribution in [0.4, 0.5) is 5.82 Å². The zero-order valence-electron chi connectivity index (χ0n) is 12.4. The van der Waals surface area contributed by atoms with E-state index >= 15 is 0 Å². The maximum absolute atomic E-state index is 11.6. The smallest absolute Gasteiger partial charge is 0.151 e. The van der Waals surface area contributed by atoms with Crippen LogP contribution < -0.4 is 10.6 Å². The largest absolute Gasteiger partial charge is 0.353 e. The summed E-state index contributed by atoms with van der Waals surface area (Å²) < 4.78 is 13.7. The highest BCUT2D eigenvalue weighted by Crippen LogP contribution is 2.24. The van der Waals surface area contributed by atoms with Gasteiger partial charge in [-0.15, -0.1) is 0 Å². The third kappa shape index (κ3) is 2.96. The van der Waals surface area contributed by atoms with Crippen molar-refractivity contribution in [2.24, 2.45) is 5.73 Å². The lowest BCUT2D eigenvalue weighted by Crippen LogP contribution is -2.38. The number of nitrogens with zero attached hydrogens (tertiary/aromatic N) is 3. The first-order valence-electron chi connectivity index (χ1n) is 7.50. The van der Waals surface area contributed by atoms with E-state index in [-0.39, 0.29) is 6.04 Å². The molecule has 0 saturated carbocycles. The Morgan fingerprint density at radius 3 is 2.86 bits per heavy atom.